The summed E-state index contributed by atoms with van der Waals surface area (Å²) in [6.45, 7) is 4.31. The number of nitrogens with one attached hydrogen (secondary N) is 2. The van der Waals surface area contributed by atoms with Crippen molar-refractivity contribution in [1.82, 2.24) is 24.5 Å². The molecule has 1 aromatic heterocycles. The molecule has 0 spiro atoms. The van der Waals surface area contributed by atoms with Crippen molar-refractivity contribution in [3.05, 3.63) is 24.0 Å². The highest BCUT2D eigenvalue weighted by molar-refractivity contribution is 7.89. The number of sulfonamides is 1. The van der Waals surface area contributed by atoms with Crippen LogP contribution in [0.3, 0.4) is 0 Å². The molecule has 2 N–H and O–H groups in total. The van der Waals surface area contributed by atoms with Gasteiger partial charge in [0.05, 0.1) is 15.9 Å². The van der Waals surface area contributed by atoms with E-state index in [2.05, 4.69) is 15.6 Å². The van der Waals surface area contributed by atoms with Gasteiger partial charge in [0.2, 0.25) is 21.8 Å². The van der Waals surface area contributed by atoms with E-state index in [9.17, 15) is 18.0 Å². The minimum Gasteiger partial charge on any atom is -0.352 e. The molecule has 2 aromatic rings. The van der Waals surface area contributed by atoms with Gasteiger partial charge in [0, 0.05) is 39.5 Å². The van der Waals surface area contributed by atoms with Crippen LogP contribution in [-0.4, -0.2) is 60.3 Å². The number of imidazole rings is 1. The van der Waals surface area contributed by atoms with Crippen LogP contribution in [0, 0.1) is 0 Å². The van der Waals surface area contributed by atoms with Crippen molar-refractivity contribution in [1.29, 1.82) is 0 Å². The molecule has 3 rings (SSSR count). The summed E-state index contributed by atoms with van der Waals surface area (Å²) >= 11 is 0. The molecule has 1 atom stereocenters. The lowest BCUT2D eigenvalue weighted by molar-refractivity contribution is -0.129. The number of aryl methyl sites for hydroxylation is 2. The number of benzene rings is 1. The molecule has 176 valence electrons. The molecule has 10 heteroatoms. The maximum absolute atomic E-state index is 12.4. The molecule has 1 aromatic carbocycles. The molecule has 0 unspecified atom stereocenters. The van der Waals surface area contributed by atoms with Gasteiger partial charge in [0.25, 0.3) is 0 Å². The quantitative estimate of drug-likeness (QED) is 0.589. The minimum atomic E-state index is -3.55. The summed E-state index contributed by atoms with van der Waals surface area (Å²) in [5.74, 6) is 0.338. The molecule has 32 heavy (non-hydrogen) atoms. The lowest BCUT2D eigenvalue weighted by atomic mass is 10.2. The van der Waals surface area contributed by atoms with Gasteiger partial charge in [-0.25, -0.2) is 17.7 Å². The van der Waals surface area contributed by atoms with Gasteiger partial charge in [-0.15, -0.1) is 0 Å². The monoisotopic (exact) mass is 463 g/mol. The third-order valence-electron chi connectivity index (χ3n) is 5.94. The lowest BCUT2D eigenvalue weighted by Crippen LogP contribution is -2.47. The number of amides is 2. The van der Waals surface area contributed by atoms with Crippen LogP contribution in [-0.2, 0) is 32.6 Å². The number of hydrogen-bond acceptors (Lipinski definition) is 5. The van der Waals surface area contributed by atoms with Gasteiger partial charge in [-0.3, -0.25) is 9.59 Å². The summed E-state index contributed by atoms with van der Waals surface area (Å²) in [5, 5.41) is 5.76. The number of carbonyl (C=O) groups is 2. The van der Waals surface area contributed by atoms with Crippen molar-refractivity contribution in [3.8, 4) is 0 Å². The van der Waals surface area contributed by atoms with Gasteiger partial charge in [0.15, 0.2) is 0 Å². The van der Waals surface area contributed by atoms with Crippen LogP contribution in [0.1, 0.15) is 51.8 Å². The molecule has 0 bridgehead atoms. The molecule has 2 amide bonds. The Morgan fingerprint density at radius 3 is 2.56 bits per heavy atom. The summed E-state index contributed by atoms with van der Waals surface area (Å²) in [4.78, 5) is 29.5. The molecule has 1 aliphatic rings. The van der Waals surface area contributed by atoms with Crippen LogP contribution < -0.4 is 10.6 Å². The Morgan fingerprint density at radius 1 is 1.25 bits per heavy atom. The van der Waals surface area contributed by atoms with Gasteiger partial charge < -0.3 is 15.2 Å². The Hall–Kier alpha value is -2.46. The summed E-state index contributed by atoms with van der Waals surface area (Å²) in [7, 11) is -0.574. The van der Waals surface area contributed by atoms with Crippen LogP contribution in [0.2, 0.25) is 0 Å². The molecule has 0 saturated heterocycles. The zero-order valence-corrected chi connectivity index (χ0v) is 20.0. The van der Waals surface area contributed by atoms with Crippen molar-refractivity contribution in [2.75, 3.05) is 14.1 Å². The van der Waals surface area contributed by atoms with Crippen molar-refractivity contribution >= 4 is 32.9 Å². The molecule has 0 radical (unpaired) electrons. The molecule has 1 saturated carbocycles. The first kappa shape index (κ1) is 24.2. The van der Waals surface area contributed by atoms with E-state index in [1.54, 1.807) is 25.1 Å². The molecule has 1 heterocycles. The fraction of sp³-hybridized carbons (Fsp3) is 0.591. The van der Waals surface area contributed by atoms with E-state index in [4.69, 9.17) is 0 Å². The maximum Gasteiger partial charge on any atom is 0.242 e. The zero-order valence-electron chi connectivity index (χ0n) is 19.2. The number of hydrogen-bond donors (Lipinski definition) is 2. The van der Waals surface area contributed by atoms with Crippen LogP contribution in [0.5, 0.6) is 0 Å². The summed E-state index contributed by atoms with van der Waals surface area (Å²) in [6, 6.07) is 4.52. The predicted octanol–water partition coefficient (Wildman–Crippen LogP) is 1.80. The van der Waals surface area contributed by atoms with E-state index in [1.165, 1.54) is 18.4 Å². The van der Waals surface area contributed by atoms with Crippen LogP contribution >= 0.6 is 0 Å². The third-order valence-corrected chi connectivity index (χ3v) is 7.75. The zero-order chi connectivity index (χ0) is 23.5. The second-order valence-electron chi connectivity index (χ2n) is 8.49. The lowest BCUT2D eigenvalue weighted by Gasteiger charge is -2.17. The topological polar surface area (TPSA) is 113 Å². The van der Waals surface area contributed by atoms with Crippen molar-refractivity contribution in [2.24, 2.45) is 0 Å². The van der Waals surface area contributed by atoms with Crippen molar-refractivity contribution in [3.63, 3.8) is 0 Å². The van der Waals surface area contributed by atoms with E-state index in [0.29, 0.717) is 24.3 Å². The second-order valence-corrected chi connectivity index (χ2v) is 10.6. The van der Waals surface area contributed by atoms with Gasteiger partial charge in [-0.1, -0.05) is 12.8 Å². The van der Waals surface area contributed by atoms with Crippen molar-refractivity contribution in [2.45, 2.75) is 75.9 Å². The van der Waals surface area contributed by atoms with E-state index >= 15 is 0 Å². The highest BCUT2D eigenvalue weighted by Crippen LogP contribution is 2.23. The number of fused-ring (bicyclic) bond motifs is 1. The van der Waals surface area contributed by atoms with E-state index in [0.717, 1.165) is 31.2 Å². The Bertz CT molecular complexity index is 1090. The van der Waals surface area contributed by atoms with E-state index in [-0.39, 0.29) is 29.2 Å². The number of carbonyl (C=O) groups excluding carboxylic acids is 2. The number of aromatic nitrogens is 2. The average molecular weight is 464 g/mol. The molecule has 1 aliphatic carbocycles. The SMILES string of the molecule is CCn1c(CCC(=O)N[C@H](C)C(=O)NC2CCCC2)nc2cc(S(=O)(=O)N(C)C)ccc21. The average Bonchev–Trinajstić information content (AvgIpc) is 3.38. The van der Waals surface area contributed by atoms with Crippen LogP contribution in [0.4, 0.5) is 0 Å². The minimum absolute atomic E-state index is 0.152. The Balaban J connectivity index is 1.66. The molecule has 9 nitrogen and oxygen atoms in total. The van der Waals surface area contributed by atoms with E-state index < -0.39 is 16.1 Å². The smallest absolute Gasteiger partial charge is 0.242 e. The molecule has 1 fully saturated rings. The summed E-state index contributed by atoms with van der Waals surface area (Å²) < 4.78 is 28.0. The highest BCUT2D eigenvalue weighted by atomic mass is 32.2. The maximum atomic E-state index is 12.4. The molecular weight excluding hydrogens is 430 g/mol. The highest BCUT2D eigenvalue weighted by Gasteiger charge is 2.22. The molecular formula is C22H33N5O4S. The number of rotatable bonds is 9. The Kier molecular flexibility index (Phi) is 7.55. The fourth-order valence-electron chi connectivity index (χ4n) is 4.08. The van der Waals surface area contributed by atoms with Crippen LogP contribution in [0.15, 0.2) is 23.1 Å². The van der Waals surface area contributed by atoms with Crippen LogP contribution in [0.25, 0.3) is 11.0 Å². The predicted molar refractivity (Wildman–Crippen MR) is 123 cm³/mol. The first-order chi connectivity index (χ1) is 15.1. The van der Waals surface area contributed by atoms with Gasteiger partial charge in [-0.05, 0) is 44.9 Å². The Morgan fingerprint density at radius 2 is 1.94 bits per heavy atom. The Labute approximate surface area is 189 Å². The fourth-order valence-corrected chi connectivity index (χ4v) is 5.00. The molecule has 0 aliphatic heterocycles. The second kappa shape index (κ2) is 9.99. The largest absolute Gasteiger partial charge is 0.352 e. The standard InChI is InChI=1S/C22H33N5O4S/c1-5-27-19-11-10-17(32(30,31)26(3)4)14-18(19)25-20(27)12-13-21(28)23-15(2)22(29)24-16-8-6-7-9-16/h10-11,14-16H,5-9,12-13H2,1-4H3,(H,23,28)(H,24,29)/t15-/m1/s1. The normalized spacial score (nSPS) is 15.9. The summed E-state index contributed by atoms with van der Waals surface area (Å²) in [6.07, 6.45) is 4.84. The van der Waals surface area contributed by atoms with Gasteiger partial charge >= 0.3 is 0 Å². The first-order valence-corrected chi connectivity index (χ1v) is 12.6. The van der Waals surface area contributed by atoms with E-state index in [1.807, 2.05) is 11.5 Å². The summed E-state index contributed by atoms with van der Waals surface area (Å²) in [5.41, 5.74) is 1.40. The third kappa shape index (κ3) is 5.29. The van der Waals surface area contributed by atoms with Crippen molar-refractivity contribution < 1.29 is 18.0 Å². The number of nitrogens with zero attached hydrogens (tertiary/aromatic N) is 3. The van der Waals surface area contributed by atoms with Gasteiger partial charge in [0.1, 0.15) is 11.9 Å². The first-order valence-electron chi connectivity index (χ1n) is 11.1. The van der Waals surface area contributed by atoms with Gasteiger partial charge in [-0.2, -0.15) is 0 Å².